The first kappa shape index (κ1) is 12.2. The fraction of sp³-hybridized carbons (Fsp3) is 0.500. The summed E-state index contributed by atoms with van der Waals surface area (Å²) in [6.45, 7) is 0. The van der Waals surface area contributed by atoms with E-state index < -0.39 is 0 Å². The third-order valence-electron chi connectivity index (χ3n) is 4.53. The molecule has 0 aromatic heterocycles. The summed E-state index contributed by atoms with van der Waals surface area (Å²) < 4.78 is 5.34. The molecule has 2 aliphatic carbocycles. The van der Waals surface area contributed by atoms with Crippen molar-refractivity contribution < 1.29 is 9.53 Å². The molecule has 2 saturated carbocycles. The summed E-state index contributed by atoms with van der Waals surface area (Å²) in [4.78, 5) is 11.9. The number of rotatable bonds is 3. The monoisotopic (exact) mass is 255 g/mol. The SMILES string of the molecule is N#Cc1ccc(OC(=O)C[C@@H]2C[C@@H]3CC[C@@H]2C3)cc1. The second kappa shape index (κ2) is 5.05. The van der Waals surface area contributed by atoms with Crippen molar-refractivity contribution >= 4 is 5.97 Å². The Morgan fingerprint density at radius 3 is 2.63 bits per heavy atom. The minimum absolute atomic E-state index is 0.137. The second-order valence-electron chi connectivity index (χ2n) is 5.75. The predicted molar refractivity (Wildman–Crippen MR) is 70.3 cm³/mol. The van der Waals surface area contributed by atoms with Crippen molar-refractivity contribution in [1.29, 1.82) is 5.26 Å². The normalized spacial score (nSPS) is 28.1. The Morgan fingerprint density at radius 1 is 1.26 bits per heavy atom. The van der Waals surface area contributed by atoms with Gasteiger partial charge in [-0.25, -0.2) is 0 Å². The zero-order chi connectivity index (χ0) is 13.2. The first-order chi connectivity index (χ1) is 9.24. The van der Waals surface area contributed by atoms with Crippen LogP contribution in [-0.2, 0) is 4.79 Å². The van der Waals surface area contributed by atoms with Gasteiger partial charge in [-0.15, -0.1) is 0 Å². The topological polar surface area (TPSA) is 50.1 Å². The van der Waals surface area contributed by atoms with Gasteiger partial charge in [0.2, 0.25) is 0 Å². The molecule has 3 atom stereocenters. The maximum absolute atomic E-state index is 11.9. The lowest BCUT2D eigenvalue weighted by Crippen LogP contribution is -2.18. The Hall–Kier alpha value is -1.82. The molecule has 3 heteroatoms. The number of nitrogens with zero attached hydrogens (tertiary/aromatic N) is 1. The molecule has 0 radical (unpaired) electrons. The van der Waals surface area contributed by atoms with E-state index in [-0.39, 0.29) is 5.97 Å². The molecule has 0 heterocycles. The van der Waals surface area contributed by atoms with Gasteiger partial charge in [-0.3, -0.25) is 4.79 Å². The molecule has 0 N–H and O–H groups in total. The first-order valence-electron chi connectivity index (χ1n) is 6.95. The van der Waals surface area contributed by atoms with Crippen LogP contribution in [0, 0.1) is 29.1 Å². The van der Waals surface area contributed by atoms with E-state index in [1.54, 1.807) is 24.3 Å². The number of esters is 1. The molecule has 1 aromatic carbocycles. The van der Waals surface area contributed by atoms with Crippen LogP contribution in [0.1, 0.15) is 37.7 Å². The fourth-order valence-corrected chi connectivity index (χ4v) is 3.61. The smallest absolute Gasteiger partial charge is 0.311 e. The van der Waals surface area contributed by atoms with Crippen LogP contribution in [-0.4, -0.2) is 5.97 Å². The number of benzene rings is 1. The van der Waals surface area contributed by atoms with Crippen LogP contribution in [0.3, 0.4) is 0 Å². The minimum Gasteiger partial charge on any atom is -0.427 e. The van der Waals surface area contributed by atoms with Crippen LogP contribution < -0.4 is 4.74 Å². The maximum atomic E-state index is 11.9. The highest BCUT2D eigenvalue weighted by Gasteiger charge is 2.40. The molecule has 19 heavy (non-hydrogen) atoms. The average molecular weight is 255 g/mol. The van der Waals surface area contributed by atoms with E-state index in [9.17, 15) is 4.79 Å². The summed E-state index contributed by atoms with van der Waals surface area (Å²) >= 11 is 0. The molecule has 2 aliphatic rings. The predicted octanol–water partition coefficient (Wildman–Crippen LogP) is 3.29. The fourth-order valence-electron chi connectivity index (χ4n) is 3.61. The van der Waals surface area contributed by atoms with E-state index >= 15 is 0 Å². The van der Waals surface area contributed by atoms with Gasteiger partial charge < -0.3 is 4.74 Å². The Morgan fingerprint density at radius 2 is 2.05 bits per heavy atom. The summed E-state index contributed by atoms with van der Waals surface area (Å²) in [7, 11) is 0. The molecule has 3 nitrogen and oxygen atoms in total. The number of fused-ring (bicyclic) bond motifs is 2. The van der Waals surface area contributed by atoms with E-state index in [2.05, 4.69) is 0 Å². The van der Waals surface area contributed by atoms with Gasteiger partial charge in [0.15, 0.2) is 0 Å². The Balaban J connectivity index is 1.55. The van der Waals surface area contributed by atoms with Crippen molar-refractivity contribution in [2.24, 2.45) is 17.8 Å². The zero-order valence-corrected chi connectivity index (χ0v) is 10.8. The molecule has 0 unspecified atom stereocenters. The third-order valence-corrected chi connectivity index (χ3v) is 4.53. The van der Waals surface area contributed by atoms with Crippen molar-refractivity contribution in [3.8, 4) is 11.8 Å². The number of nitriles is 1. The molecule has 1 aromatic rings. The molecule has 2 bridgehead atoms. The lowest BCUT2D eigenvalue weighted by atomic mass is 9.86. The van der Waals surface area contributed by atoms with Crippen LogP contribution in [0.4, 0.5) is 0 Å². The largest absolute Gasteiger partial charge is 0.427 e. The highest BCUT2D eigenvalue weighted by molar-refractivity contribution is 5.72. The molecule has 98 valence electrons. The highest BCUT2D eigenvalue weighted by Crippen LogP contribution is 2.49. The van der Waals surface area contributed by atoms with E-state index in [1.807, 2.05) is 6.07 Å². The molecule has 0 spiro atoms. The van der Waals surface area contributed by atoms with Gasteiger partial charge in [-0.2, -0.15) is 5.26 Å². The van der Waals surface area contributed by atoms with Gasteiger partial charge in [0.1, 0.15) is 5.75 Å². The number of hydrogen-bond acceptors (Lipinski definition) is 3. The van der Waals surface area contributed by atoms with Gasteiger partial charge in [-0.05, 0) is 61.3 Å². The third kappa shape index (κ3) is 2.63. The molecular formula is C16H17NO2. The minimum atomic E-state index is -0.137. The average Bonchev–Trinajstić information content (AvgIpc) is 3.02. The molecule has 0 saturated heterocycles. The summed E-state index contributed by atoms with van der Waals surface area (Å²) in [5, 5.41) is 8.70. The van der Waals surface area contributed by atoms with Gasteiger partial charge in [0.05, 0.1) is 11.6 Å². The molecule has 0 amide bonds. The van der Waals surface area contributed by atoms with Crippen molar-refractivity contribution in [3.05, 3.63) is 29.8 Å². The Labute approximate surface area is 113 Å². The molecular weight excluding hydrogens is 238 g/mol. The van der Waals surface area contributed by atoms with Crippen molar-refractivity contribution in [1.82, 2.24) is 0 Å². The van der Waals surface area contributed by atoms with E-state index in [0.717, 1.165) is 11.8 Å². The summed E-state index contributed by atoms with van der Waals surface area (Å²) in [6.07, 6.45) is 5.70. The van der Waals surface area contributed by atoms with Crippen LogP contribution >= 0.6 is 0 Å². The second-order valence-corrected chi connectivity index (χ2v) is 5.75. The lowest BCUT2D eigenvalue weighted by Gasteiger charge is -2.20. The number of carbonyl (C=O) groups is 1. The van der Waals surface area contributed by atoms with E-state index in [1.165, 1.54) is 25.7 Å². The standard InChI is InChI=1S/C16H17NO2/c17-10-11-2-5-15(6-3-11)19-16(18)9-14-8-12-1-4-13(14)7-12/h2-3,5-6,12-14H,1,4,7-9H2/t12-,13-,14+/m1/s1. The molecule has 0 aliphatic heterocycles. The van der Waals surface area contributed by atoms with Crippen molar-refractivity contribution in [2.75, 3.05) is 0 Å². The van der Waals surface area contributed by atoms with Crippen molar-refractivity contribution in [3.63, 3.8) is 0 Å². The molecule has 2 fully saturated rings. The first-order valence-corrected chi connectivity index (χ1v) is 6.95. The molecule has 3 rings (SSSR count). The van der Waals surface area contributed by atoms with Gasteiger partial charge >= 0.3 is 5.97 Å². The van der Waals surface area contributed by atoms with Crippen LogP contribution in [0.5, 0.6) is 5.75 Å². The van der Waals surface area contributed by atoms with Gasteiger partial charge in [-0.1, -0.05) is 6.42 Å². The van der Waals surface area contributed by atoms with E-state index in [4.69, 9.17) is 10.00 Å². The van der Waals surface area contributed by atoms with Crippen LogP contribution in [0.15, 0.2) is 24.3 Å². The highest BCUT2D eigenvalue weighted by atomic mass is 16.5. The lowest BCUT2D eigenvalue weighted by molar-refractivity contribution is -0.135. The zero-order valence-electron chi connectivity index (χ0n) is 10.8. The van der Waals surface area contributed by atoms with Crippen LogP contribution in [0.25, 0.3) is 0 Å². The van der Waals surface area contributed by atoms with E-state index in [0.29, 0.717) is 23.7 Å². The van der Waals surface area contributed by atoms with Gasteiger partial charge in [0, 0.05) is 6.42 Å². The van der Waals surface area contributed by atoms with Crippen LogP contribution in [0.2, 0.25) is 0 Å². The number of carbonyl (C=O) groups excluding carboxylic acids is 1. The quantitative estimate of drug-likeness (QED) is 0.615. The summed E-state index contributed by atoms with van der Waals surface area (Å²) in [6, 6.07) is 8.73. The maximum Gasteiger partial charge on any atom is 0.311 e. The Kier molecular flexibility index (Phi) is 3.25. The van der Waals surface area contributed by atoms with Gasteiger partial charge in [0.25, 0.3) is 0 Å². The summed E-state index contributed by atoms with van der Waals surface area (Å²) in [5.41, 5.74) is 0.577. The summed E-state index contributed by atoms with van der Waals surface area (Å²) in [5.74, 6) is 2.54. The van der Waals surface area contributed by atoms with Crippen molar-refractivity contribution in [2.45, 2.75) is 32.1 Å². The Bertz CT molecular complexity index is 515. The number of ether oxygens (including phenoxy) is 1. The number of hydrogen-bond donors (Lipinski definition) is 0.